The van der Waals surface area contributed by atoms with Crippen molar-refractivity contribution in [1.29, 1.82) is 0 Å². The van der Waals surface area contributed by atoms with Crippen molar-refractivity contribution in [3.8, 4) is 0 Å². The Kier molecular flexibility index (Phi) is 3.39. The molecule has 1 rings (SSSR count). The molecule has 0 unspecified atom stereocenters. The molecule has 3 nitrogen and oxygen atoms in total. The van der Waals surface area contributed by atoms with Gasteiger partial charge < -0.3 is 5.73 Å². The maximum atomic E-state index is 11.6. The maximum absolute atomic E-state index is 11.6. The predicted molar refractivity (Wildman–Crippen MR) is 58.2 cm³/mol. The van der Waals surface area contributed by atoms with Gasteiger partial charge in [-0.25, -0.2) is 8.42 Å². The van der Waals surface area contributed by atoms with Crippen LogP contribution in [0.2, 0.25) is 5.02 Å². The lowest BCUT2D eigenvalue weighted by atomic mass is 10.3. The zero-order valence-electron chi connectivity index (χ0n) is 7.83. The molecular formula is C9H12ClNO2S. The van der Waals surface area contributed by atoms with Crippen LogP contribution in [0.25, 0.3) is 0 Å². The Labute approximate surface area is 88.8 Å². The molecule has 0 saturated carbocycles. The van der Waals surface area contributed by atoms with Crippen LogP contribution in [0.15, 0.2) is 23.1 Å². The minimum absolute atomic E-state index is 0.110. The van der Waals surface area contributed by atoms with Crippen LogP contribution in [-0.4, -0.2) is 14.2 Å². The Morgan fingerprint density at radius 1 is 1.43 bits per heavy atom. The summed E-state index contributed by atoms with van der Waals surface area (Å²) in [6.07, 6.45) is 0.574. The molecule has 1 aromatic carbocycles. The van der Waals surface area contributed by atoms with Gasteiger partial charge in [-0.1, -0.05) is 18.5 Å². The summed E-state index contributed by atoms with van der Waals surface area (Å²) in [5, 5.41) is 0.443. The van der Waals surface area contributed by atoms with Crippen LogP contribution in [0.1, 0.15) is 13.3 Å². The van der Waals surface area contributed by atoms with E-state index in [4.69, 9.17) is 17.3 Å². The lowest BCUT2D eigenvalue weighted by molar-refractivity contribution is 0.595. The summed E-state index contributed by atoms with van der Waals surface area (Å²) in [5.74, 6) is 0.110. The molecule has 0 bridgehead atoms. The molecule has 78 valence electrons. The van der Waals surface area contributed by atoms with E-state index in [1.165, 1.54) is 18.2 Å². The molecule has 0 heterocycles. The zero-order valence-corrected chi connectivity index (χ0v) is 9.40. The highest BCUT2D eigenvalue weighted by atomic mass is 35.5. The second kappa shape index (κ2) is 4.19. The van der Waals surface area contributed by atoms with Crippen LogP contribution in [0.4, 0.5) is 5.69 Å². The molecule has 1 aromatic rings. The Balaban J connectivity index is 3.20. The zero-order chi connectivity index (χ0) is 10.8. The molecule has 0 radical (unpaired) electrons. The summed E-state index contributed by atoms with van der Waals surface area (Å²) in [6, 6.07) is 4.42. The van der Waals surface area contributed by atoms with Gasteiger partial charge in [-0.15, -0.1) is 0 Å². The molecule has 14 heavy (non-hydrogen) atoms. The normalized spacial score (nSPS) is 11.6. The molecule has 5 heteroatoms. The molecule has 0 aliphatic rings. The Bertz CT molecular complexity index is 428. The van der Waals surface area contributed by atoms with E-state index in [0.717, 1.165) is 0 Å². The Morgan fingerprint density at radius 2 is 2.07 bits per heavy atom. The summed E-state index contributed by atoms with van der Waals surface area (Å²) in [5.41, 5.74) is 5.79. The lowest BCUT2D eigenvalue weighted by Crippen LogP contribution is -2.08. The summed E-state index contributed by atoms with van der Waals surface area (Å²) in [7, 11) is -3.24. The van der Waals surface area contributed by atoms with Crippen LogP contribution in [0, 0.1) is 0 Å². The average molecular weight is 234 g/mol. The first kappa shape index (κ1) is 11.3. The van der Waals surface area contributed by atoms with Gasteiger partial charge in [-0.05, 0) is 24.6 Å². The molecule has 0 amide bonds. The van der Waals surface area contributed by atoms with E-state index in [1.54, 1.807) is 0 Å². The van der Waals surface area contributed by atoms with Gasteiger partial charge in [-0.2, -0.15) is 0 Å². The van der Waals surface area contributed by atoms with E-state index in [1.807, 2.05) is 6.92 Å². The summed E-state index contributed by atoms with van der Waals surface area (Å²) in [4.78, 5) is 0.170. The number of hydrogen-bond donors (Lipinski definition) is 1. The van der Waals surface area contributed by atoms with E-state index >= 15 is 0 Å². The van der Waals surface area contributed by atoms with Crippen molar-refractivity contribution in [1.82, 2.24) is 0 Å². The van der Waals surface area contributed by atoms with E-state index in [2.05, 4.69) is 0 Å². The molecular weight excluding hydrogens is 222 g/mol. The molecule has 0 atom stereocenters. The maximum Gasteiger partial charge on any atom is 0.180 e. The average Bonchev–Trinajstić information content (AvgIpc) is 2.02. The van der Waals surface area contributed by atoms with Crippen molar-refractivity contribution < 1.29 is 8.42 Å². The van der Waals surface area contributed by atoms with Gasteiger partial charge in [0, 0.05) is 5.02 Å². The van der Waals surface area contributed by atoms with Gasteiger partial charge in [0.2, 0.25) is 0 Å². The van der Waals surface area contributed by atoms with Gasteiger partial charge in [0.1, 0.15) is 0 Å². The van der Waals surface area contributed by atoms with Crippen molar-refractivity contribution in [2.45, 2.75) is 18.2 Å². The number of nitrogen functional groups attached to an aromatic ring is 1. The SMILES string of the molecule is CCCS(=O)(=O)c1ccc(Cl)cc1N. The predicted octanol–water partition coefficient (Wildman–Crippen LogP) is 2.11. The summed E-state index contributed by atoms with van der Waals surface area (Å²) in [6.45, 7) is 1.81. The number of nitrogens with two attached hydrogens (primary N) is 1. The summed E-state index contributed by atoms with van der Waals surface area (Å²) >= 11 is 5.67. The molecule has 0 saturated heterocycles. The van der Waals surface area contributed by atoms with Crippen molar-refractivity contribution in [2.24, 2.45) is 0 Å². The number of sulfone groups is 1. The topological polar surface area (TPSA) is 60.2 Å². The summed E-state index contributed by atoms with van der Waals surface area (Å²) < 4.78 is 23.3. The van der Waals surface area contributed by atoms with Crippen molar-refractivity contribution in [2.75, 3.05) is 11.5 Å². The van der Waals surface area contributed by atoms with Crippen LogP contribution >= 0.6 is 11.6 Å². The first-order valence-electron chi connectivity index (χ1n) is 4.25. The van der Waals surface area contributed by atoms with Gasteiger partial charge in [0.25, 0.3) is 0 Å². The van der Waals surface area contributed by atoms with Crippen LogP contribution in [0.3, 0.4) is 0 Å². The highest BCUT2D eigenvalue weighted by Gasteiger charge is 2.16. The minimum Gasteiger partial charge on any atom is -0.398 e. The monoisotopic (exact) mass is 233 g/mol. The number of halogens is 1. The van der Waals surface area contributed by atoms with Crippen molar-refractivity contribution in [3.63, 3.8) is 0 Å². The van der Waals surface area contributed by atoms with E-state index in [-0.39, 0.29) is 16.3 Å². The fraction of sp³-hybridized carbons (Fsp3) is 0.333. The number of rotatable bonds is 3. The first-order valence-corrected chi connectivity index (χ1v) is 6.28. The van der Waals surface area contributed by atoms with Crippen molar-refractivity contribution in [3.05, 3.63) is 23.2 Å². The standard InChI is InChI=1S/C9H12ClNO2S/c1-2-5-14(12,13)9-4-3-7(10)6-8(9)11/h3-4,6H,2,5,11H2,1H3. The number of benzene rings is 1. The van der Waals surface area contributed by atoms with Gasteiger partial charge >= 0.3 is 0 Å². The minimum atomic E-state index is -3.24. The van der Waals surface area contributed by atoms with E-state index in [0.29, 0.717) is 11.4 Å². The number of hydrogen-bond acceptors (Lipinski definition) is 3. The third kappa shape index (κ3) is 2.39. The second-order valence-electron chi connectivity index (χ2n) is 3.00. The van der Waals surface area contributed by atoms with E-state index in [9.17, 15) is 8.42 Å². The quantitative estimate of drug-likeness (QED) is 0.814. The fourth-order valence-electron chi connectivity index (χ4n) is 1.18. The number of anilines is 1. The largest absolute Gasteiger partial charge is 0.398 e. The second-order valence-corrected chi connectivity index (χ2v) is 5.52. The first-order chi connectivity index (χ1) is 6.47. The van der Waals surface area contributed by atoms with Crippen LogP contribution < -0.4 is 5.73 Å². The van der Waals surface area contributed by atoms with Crippen LogP contribution in [-0.2, 0) is 9.84 Å². The smallest absolute Gasteiger partial charge is 0.180 e. The van der Waals surface area contributed by atoms with Gasteiger partial charge in [0.05, 0.1) is 16.3 Å². The highest BCUT2D eigenvalue weighted by Crippen LogP contribution is 2.23. The van der Waals surface area contributed by atoms with Crippen molar-refractivity contribution >= 4 is 27.1 Å². The third-order valence-electron chi connectivity index (χ3n) is 1.78. The Morgan fingerprint density at radius 3 is 2.57 bits per heavy atom. The molecule has 0 aromatic heterocycles. The lowest BCUT2D eigenvalue weighted by Gasteiger charge is -2.06. The molecule has 2 N–H and O–H groups in total. The third-order valence-corrected chi connectivity index (χ3v) is 4.00. The molecule has 0 aliphatic carbocycles. The Hall–Kier alpha value is -0.740. The molecule has 0 spiro atoms. The fourth-order valence-corrected chi connectivity index (χ4v) is 2.81. The van der Waals surface area contributed by atoms with Crippen LogP contribution in [0.5, 0.6) is 0 Å². The molecule has 0 aliphatic heterocycles. The van der Waals surface area contributed by atoms with Gasteiger partial charge in [0.15, 0.2) is 9.84 Å². The molecule has 0 fully saturated rings. The van der Waals surface area contributed by atoms with Gasteiger partial charge in [-0.3, -0.25) is 0 Å². The van der Waals surface area contributed by atoms with E-state index < -0.39 is 9.84 Å². The highest BCUT2D eigenvalue weighted by molar-refractivity contribution is 7.91.